The topological polar surface area (TPSA) is 67.4 Å². The molecule has 1 aliphatic rings. The van der Waals surface area contributed by atoms with E-state index in [-0.39, 0.29) is 5.75 Å². The molecule has 5 nitrogen and oxygen atoms in total. The second-order valence-corrected chi connectivity index (χ2v) is 7.10. The Kier molecular flexibility index (Phi) is 5.12. The van der Waals surface area contributed by atoms with Crippen LogP contribution in [0, 0.1) is 0 Å². The number of benzene rings is 1. The maximum atomic E-state index is 11.9. The lowest BCUT2D eigenvalue weighted by molar-refractivity contribution is 0.415. The molecule has 0 aliphatic heterocycles. The molecule has 0 amide bonds. The van der Waals surface area contributed by atoms with Crippen molar-refractivity contribution < 1.29 is 13.2 Å². The molecule has 2 N–H and O–H groups in total. The fourth-order valence-corrected chi connectivity index (χ4v) is 3.19. The molecular weight excluding hydrogens is 300 g/mol. The maximum Gasteiger partial charge on any atom is 0.232 e. The lowest BCUT2D eigenvalue weighted by atomic mass is 10.3. The zero-order chi connectivity index (χ0) is 14.6. The third-order valence-electron chi connectivity index (χ3n) is 3.03. The highest BCUT2D eigenvalue weighted by Crippen LogP contribution is 2.27. The molecular formula is C13H19ClN2O3S. The van der Waals surface area contributed by atoms with E-state index in [1.165, 1.54) is 20.0 Å². The second-order valence-electron chi connectivity index (χ2n) is 4.85. The van der Waals surface area contributed by atoms with Crippen LogP contribution in [-0.4, -0.2) is 33.9 Å². The van der Waals surface area contributed by atoms with Gasteiger partial charge in [0.2, 0.25) is 10.0 Å². The first kappa shape index (κ1) is 15.4. The highest BCUT2D eigenvalue weighted by molar-refractivity contribution is 7.92. The van der Waals surface area contributed by atoms with Crippen molar-refractivity contribution >= 4 is 27.3 Å². The van der Waals surface area contributed by atoms with Gasteiger partial charge in [0.05, 0.1) is 23.6 Å². The lowest BCUT2D eigenvalue weighted by Gasteiger charge is -2.10. The van der Waals surface area contributed by atoms with Gasteiger partial charge in [-0.15, -0.1) is 0 Å². The molecule has 0 spiro atoms. The van der Waals surface area contributed by atoms with Gasteiger partial charge in [0.1, 0.15) is 5.75 Å². The Labute approximate surface area is 124 Å². The summed E-state index contributed by atoms with van der Waals surface area (Å²) in [7, 11) is -1.83. The van der Waals surface area contributed by atoms with Crippen molar-refractivity contribution in [3.8, 4) is 5.75 Å². The van der Waals surface area contributed by atoms with E-state index in [0.717, 1.165) is 6.54 Å². The zero-order valence-electron chi connectivity index (χ0n) is 11.4. The number of rotatable bonds is 8. The van der Waals surface area contributed by atoms with Crippen molar-refractivity contribution in [2.24, 2.45) is 0 Å². The number of nitrogens with one attached hydrogen (secondary N) is 2. The molecule has 0 saturated heterocycles. The highest BCUT2D eigenvalue weighted by atomic mass is 35.5. The molecule has 1 aromatic carbocycles. The van der Waals surface area contributed by atoms with Crippen molar-refractivity contribution in [2.75, 3.05) is 24.1 Å². The molecule has 0 atom stereocenters. The van der Waals surface area contributed by atoms with Gasteiger partial charge in [-0.2, -0.15) is 0 Å². The Morgan fingerprint density at radius 3 is 2.75 bits per heavy atom. The molecule has 1 aromatic rings. The average molecular weight is 319 g/mol. The van der Waals surface area contributed by atoms with Crippen LogP contribution in [0.5, 0.6) is 5.75 Å². The minimum atomic E-state index is -3.34. The molecule has 1 aliphatic carbocycles. The molecule has 7 heteroatoms. The fraction of sp³-hybridized carbons (Fsp3) is 0.538. The molecule has 1 fully saturated rings. The number of sulfonamides is 1. The summed E-state index contributed by atoms with van der Waals surface area (Å²) in [6.45, 7) is 0.731. The van der Waals surface area contributed by atoms with E-state index >= 15 is 0 Å². The van der Waals surface area contributed by atoms with Crippen molar-refractivity contribution in [3.63, 3.8) is 0 Å². The standard InChI is InChI=1S/C13H19ClN2O3S/c1-19-13-6-5-11(9-12(13)14)16-20(17,18)8-2-7-15-10-3-4-10/h5-6,9-10,15-16H,2-4,7-8H2,1H3. The van der Waals surface area contributed by atoms with Gasteiger partial charge < -0.3 is 10.1 Å². The van der Waals surface area contributed by atoms with Gasteiger partial charge in [-0.25, -0.2) is 8.42 Å². The molecule has 0 aromatic heterocycles. The molecule has 20 heavy (non-hydrogen) atoms. The van der Waals surface area contributed by atoms with Gasteiger partial charge in [-0.05, 0) is 44.0 Å². The van der Waals surface area contributed by atoms with Crippen LogP contribution in [-0.2, 0) is 10.0 Å². The van der Waals surface area contributed by atoms with Gasteiger partial charge in [-0.1, -0.05) is 11.6 Å². The minimum absolute atomic E-state index is 0.0936. The largest absolute Gasteiger partial charge is 0.495 e. The number of hydrogen-bond acceptors (Lipinski definition) is 4. The van der Waals surface area contributed by atoms with Gasteiger partial charge >= 0.3 is 0 Å². The van der Waals surface area contributed by atoms with Crippen molar-refractivity contribution in [1.82, 2.24) is 5.32 Å². The van der Waals surface area contributed by atoms with Crippen LogP contribution in [0.3, 0.4) is 0 Å². The Bertz CT molecular complexity index is 559. The molecule has 2 rings (SSSR count). The first-order valence-corrected chi connectivity index (χ1v) is 8.60. The van der Waals surface area contributed by atoms with Crippen LogP contribution < -0.4 is 14.8 Å². The number of hydrogen-bond donors (Lipinski definition) is 2. The number of halogens is 1. The summed E-state index contributed by atoms with van der Waals surface area (Å²) in [6, 6.07) is 5.41. The summed E-state index contributed by atoms with van der Waals surface area (Å²) in [5.41, 5.74) is 0.450. The third kappa shape index (κ3) is 4.85. The number of anilines is 1. The van der Waals surface area contributed by atoms with Crippen LogP contribution in [0.1, 0.15) is 19.3 Å². The first-order valence-electron chi connectivity index (χ1n) is 6.57. The Morgan fingerprint density at radius 1 is 1.40 bits per heavy atom. The van der Waals surface area contributed by atoms with E-state index in [0.29, 0.717) is 28.9 Å². The normalized spacial score (nSPS) is 15.1. The Balaban J connectivity index is 1.84. The summed E-state index contributed by atoms with van der Waals surface area (Å²) in [4.78, 5) is 0. The summed E-state index contributed by atoms with van der Waals surface area (Å²) >= 11 is 5.96. The zero-order valence-corrected chi connectivity index (χ0v) is 12.9. The summed E-state index contributed by atoms with van der Waals surface area (Å²) in [6.07, 6.45) is 3.00. The first-order chi connectivity index (χ1) is 9.50. The molecule has 0 radical (unpaired) electrons. The van der Waals surface area contributed by atoms with Gasteiger partial charge in [0, 0.05) is 6.04 Å². The van der Waals surface area contributed by atoms with Crippen LogP contribution >= 0.6 is 11.6 Å². The van der Waals surface area contributed by atoms with Crippen molar-refractivity contribution in [2.45, 2.75) is 25.3 Å². The van der Waals surface area contributed by atoms with E-state index in [9.17, 15) is 8.42 Å². The van der Waals surface area contributed by atoms with Crippen LogP contribution in [0.4, 0.5) is 5.69 Å². The van der Waals surface area contributed by atoms with E-state index in [2.05, 4.69) is 10.0 Å². The fourth-order valence-electron chi connectivity index (χ4n) is 1.82. The molecule has 0 heterocycles. The van der Waals surface area contributed by atoms with Crippen molar-refractivity contribution in [3.05, 3.63) is 23.2 Å². The highest BCUT2D eigenvalue weighted by Gasteiger charge is 2.20. The summed E-state index contributed by atoms with van der Waals surface area (Å²) in [5, 5.41) is 3.67. The maximum absolute atomic E-state index is 11.9. The van der Waals surface area contributed by atoms with E-state index in [1.54, 1.807) is 18.2 Å². The third-order valence-corrected chi connectivity index (χ3v) is 4.69. The lowest BCUT2D eigenvalue weighted by Crippen LogP contribution is -2.23. The summed E-state index contributed by atoms with van der Waals surface area (Å²) < 4.78 is 31.4. The van der Waals surface area contributed by atoms with Crippen LogP contribution in [0.25, 0.3) is 0 Å². The van der Waals surface area contributed by atoms with Gasteiger partial charge in [-0.3, -0.25) is 4.72 Å². The molecule has 0 bridgehead atoms. The second kappa shape index (κ2) is 6.65. The monoisotopic (exact) mass is 318 g/mol. The van der Waals surface area contributed by atoms with Crippen LogP contribution in [0.15, 0.2) is 18.2 Å². The van der Waals surface area contributed by atoms with Crippen molar-refractivity contribution in [1.29, 1.82) is 0 Å². The minimum Gasteiger partial charge on any atom is -0.495 e. The Morgan fingerprint density at radius 2 is 2.15 bits per heavy atom. The van der Waals surface area contributed by atoms with Crippen LogP contribution in [0.2, 0.25) is 5.02 Å². The predicted octanol–water partition coefficient (Wildman–Crippen LogP) is 2.23. The van der Waals surface area contributed by atoms with Gasteiger partial charge in [0.25, 0.3) is 0 Å². The quantitative estimate of drug-likeness (QED) is 0.721. The molecule has 112 valence electrons. The van der Waals surface area contributed by atoms with E-state index in [1.807, 2.05) is 0 Å². The van der Waals surface area contributed by atoms with E-state index < -0.39 is 10.0 Å². The SMILES string of the molecule is COc1ccc(NS(=O)(=O)CCCNC2CC2)cc1Cl. The average Bonchev–Trinajstić information content (AvgIpc) is 3.18. The Hall–Kier alpha value is -0.980. The molecule has 1 saturated carbocycles. The van der Waals surface area contributed by atoms with E-state index in [4.69, 9.17) is 16.3 Å². The number of ether oxygens (including phenoxy) is 1. The number of methoxy groups -OCH3 is 1. The molecule has 0 unspecified atom stereocenters. The van der Waals surface area contributed by atoms with Gasteiger partial charge in [0.15, 0.2) is 0 Å². The predicted molar refractivity (Wildman–Crippen MR) is 81.1 cm³/mol. The summed E-state index contributed by atoms with van der Waals surface area (Å²) in [5.74, 6) is 0.611. The smallest absolute Gasteiger partial charge is 0.232 e.